The number of hydrogen-bond donors (Lipinski definition) is 1. The third-order valence-corrected chi connectivity index (χ3v) is 6.28. The lowest BCUT2D eigenvalue weighted by Gasteiger charge is -2.22. The average molecular weight is 452 g/mol. The summed E-state index contributed by atoms with van der Waals surface area (Å²) in [6.07, 6.45) is 3.43. The van der Waals surface area contributed by atoms with Crippen molar-refractivity contribution in [3.8, 4) is 11.5 Å². The zero-order chi connectivity index (χ0) is 23.0. The van der Waals surface area contributed by atoms with Crippen molar-refractivity contribution in [2.24, 2.45) is 0 Å². The molecule has 4 rings (SSSR count). The number of rotatable bonds is 8. The van der Waals surface area contributed by atoms with Crippen molar-refractivity contribution in [3.05, 3.63) is 53.6 Å². The largest absolute Gasteiger partial charge is 0.497 e. The highest BCUT2D eigenvalue weighted by Crippen LogP contribution is 2.27. The fraction of sp³-hybridized carbons (Fsp3) is 0.462. The predicted octanol–water partition coefficient (Wildman–Crippen LogP) is 3.47. The van der Waals surface area contributed by atoms with Crippen LogP contribution in [0.25, 0.3) is 0 Å². The normalized spacial score (nSPS) is 16.5. The molecular formula is C26H33N3O4. The van der Waals surface area contributed by atoms with Crippen LogP contribution in [0, 0.1) is 0 Å². The lowest BCUT2D eigenvalue weighted by Crippen LogP contribution is -2.35. The van der Waals surface area contributed by atoms with Gasteiger partial charge < -0.3 is 19.7 Å². The van der Waals surface area contributed by atoms with Gasteiger partial charge in [0.25, 0.3) is 0 Å². The molecule has 2 aliphatic rings. The second-order valence-electron chi connectivity index (χ2n) is 8.68. The lowest BCUT2D eigenvalue weighted by atomic mass is 10.0. The summed E-state index contributed by atoms with van der Waals surface area (Å²) >= 11 is 0. The number of methoxy groups -OCH3 is 1. The summed E-state index contributed by atoms with van der Waals surface area (Å²) in [5.41, 5.74) is 3.24. The lowest BCUT2D eigenvalue weighted by molar-refractivity contribution is -0.131. The molecular weight excluding hydrogens is 418 g/mol. The zero-order valence-electron chi connectivity index (χ0n) is 19.3. The Kier molecular flexibility index (Phi) is 7.83. The van der Waals surface area contributed by atoms with Crippen LogP contribution in [0.2, 0.25) is 0 Å². The van der Waals surface area contributed by atoms with Crippen LogP contribution in [-0.4, -0.2) is 61.5 Å². The molecule has 1 saturated heterocycles. The Bertz CT molecular complexity index is 961. The molecule has 0 saturated carbocycles. The van der Waals surface area contributed by atoms with Gasteiger partial charge in [0.15, 0.2) is 0 Å². The Labute approximate surface area is 195 Å². The first-order valence-corrected chi connectivity index (χ1v) is 11.8. The SMILES string of the molecule is COc1ccc(CN2CCCN(C(=O)CCCOc3ccc4c(c3)CCC(=O)N4)CC2)cc1. The molecule has 1 fully saturated rings. The minimum absolute atomic E-state index is 0.0621. The first-order chi connectivity index (χ1) is 16.1. The highest BCUT2D eigenvalue weighted by Gasteiger charge is 2.19. The van der Waals surface area contributed by atoms with Crippen LogP contribution in [0.5, 0.6) is 11.5 Å². The van der Waals surface area contributed by atoms with Gasteiger partial charge in [-0.3, -0.25) is 14.5 Å². The number of hydrogen-bond acceptors (Lipinski definition) is 5. The Morgan fingerprint density at radius 1 is 1.00 bits per heavy atom. The van der Waals surface area contributed by atoms with Crippen LogP contribution in [0.15, 0.2) is 42.5 Å². The van der Waals surface area contributed by atoms with Crippen LogP contribution in [0.1, 0.15) is 36.8 Å². The smallest absolute Gasteiger partial charge is 0.224 e. The maximum Gasteiger partial charge on any atom is 0.224 e. The van der Waals surface area contributed by atoms with E-state index >= 15 is 0 Å². The van der Waals surface area contributed by atoms with E-state index in [0.717, 1.165) is 68.3 Å². The van der Waals surface area contributed by atoms with E-state index in [4.69, 9.17) is 9.47 Å². The van der Waals surface area contributed by atoms with Crippen molar-refractivity contribution in [2.45, 2.75) is 38.6 Å². The first kappa shape index (κ1) is 23.1. The molecule has 7 heteroatoms. The third-order valence-electron chi connectivity index (χ3n) is 6.28. The van der Waals surface area contributed by atoms with E-state index in [0.29, 0.717) is 25.9 Å². The highest BCUT2D eigenvalue weighted by molar-refractivity contribution is 5.94. The van der Waals surface area contributed by atoms with Crippen molar-refractivity contribution in [1.82, 2.24) is 9.80 Å². The fourth-order valence-corrected chi connectivity index (χ4v) is 4.39. The molecule has 7 nitrogen and oxygen atoms in total. The van der Waals surface area contributed by atoms with Gasteiger partial charge in [-0.2, -0.15) is 0 Å². The number of benzene rings is 2. The number of nitrogens with zero attached hydrogens (tertiary/aromatic N) is 2. The van der Waals surface area contributed by atoms with Crippen LogP contribution in [-0.2, 0) is 22.6 Å². The van der Waals surface area contributed by atoms with Gasteiger partial charge in [-0.05, 0) is 60.7 Å². The van der Waals surface area contributed by atoms with Crippen LogP contribution < -0.4 is 14.8 Å². The van der Waals surface area contributed by atoms with Gasteiger partial charge in [0.05, 0.1) is 13.7 Å². The highest BCUT2D eigenvalue weighted by atomic mass is 16.5. The van der Waals surface area contributed by atoms with Gasteiger partial charge in [-0.15, -0.1) is 0 Å². The minimum atomic E-state index is 0.0621. The monoisotopic (exact) mass is 451 g/mol. The van der Waals surface area contributed by atoms with Crippen LogP contribution in [0.4, 0.5) is 5.69 Å². The average Bonchev–Trinajstić information content (AvgIpc) is 3.08. The van der Waals surface area contributed by atoms with E-state index < -0.39 is 0 Å². The van der Waals surface area contributed by atoms with E-state index in [9.17, 15) is 9.59 Å². The minimum Gasteiger partial charge on any atom is -0.497 e. The first-order valence-electron chi connectivity index (χ1n) is 11.8. The summed E-state index contributed by atoms with van der Waals surface area (Å²) in [5, 5.41) is 2.88. The van der Waals surface area contributed by atoms with E-state index in [1.165, 1.54) is 5.56 Å². The van der Waals surface area contributed by atoms with Crippen LogP contribution >= 0.6 is 0 Å². The number of anilines is 1. The standard InChI is InChI=1S/C26H33N3O4/c1-32-22-8-5-20(6-9-22)19-28-13-3-14-29(16-15-28)26(31)4-2-17-33-23-10-11-24-21(18-23)7-12-25(30)27-24/h5-6,8-11,18H,2-4,7,12-17,19H2,1H3,(H,27,30). The van der Waals surface area contributed by atoms with E-state index in [-0.39, 0.29) is 11.8 Å². The second-order valence-corrected chi connectivity index (χ2v) is 8.68. The van der Waals surface area contributed by atoms with Gasteiger partial charge in [0, 0.05) is 51.3 Å². The summed E-state index contributed by atoms with van der Waals surface area (Å²) in [4.78, 5) is 28.6. The second kappa shape index (κ2) is 11.2. The molecule has 0 spiro atoms. The number of nitrogens with one attached hydrogen (secondary N) is 1. The van der Waals surface area contributed by atoms with E-state index in [1.807, 2.05) is 35.2 Å². The van der Waals surface area contributed by atoms with Crippen molar-refractivity contribution in [3.63, 3.8) is 0 Å². The van der Waals surface area contributed by atoms with Gasteiger partial charge in [0.2, 0.25) is 11.8 Å². The van der Waals surface area contributed by atoms with Crippen LogP contribution in [0.3, 0.4) is 0 Å². The van der Waals surface area contributed by atoms with Crippen molar-refractivity contribution < 1.29 is 19.1 Å². The van der Waals surface area contributed by atoms with Gasteiger partial charge >= 0.3 is 0 Å². The maximum atomic E-state index is 12.7. The predicted molar refractivity (Wildman–Crippen MR) is 128 cm³/mol. The molecule has 2 heterocycles. The topological polar surface area (TPSA) is 71.1 Å². The molecule has 33 heavy (non-hydrogen) atoms. The van der Waals surface area contributed by atoms with Crippen molar-refractivity contribution in [2.75, 3.05) is 45.2 Å². The third kappa shape index (κ3) is 6.48. The number of carbonyl (C=O) groups is 2. The molecule has 0 aliphatic carbocycles. The fourth-order valence-electron chi connectivity index (χ4n) is 4.39. The van der Waals surface area contributed by atoms with Gasteiger partial charge in [-0.1, -0.05) is 12.1 Å². The molecule has 2 aromatic rings. The summed E-state index contributed by atoms with van der Waals surface area (Å²) in [7, 11) is 1.68. The molecule has 0 aromatic heterocycles. The molecule has 2 amide bonds. The molecule has 1 N–H and O–H groups in total. The summed E-state index contributed by atoms with van der Waals surface area (Å²) < 4.78 is 11.1. The Hall–Kier alpha value is -3.06. The molecule has 0 radical (unpaired) electrons. The molecule has 0 atom stereocenters. The Morgan fingerprint density at radius 2 is 1.82 bits per heavy atom. The van der Waals surface area contributed by atoms with Gasteiger partial charge in [-0.25, -0.2) is 0 Å². The number of fused-ring (bicyclic) bond motifs is 1. The molecule has 176 valence electrons. The number of ether oxygens (including phenoxy) is 2. The summed E-state index contributed by atoms with van der Waals surface area (Å²) in [5.74, 6) is 1.93. The molecule has 0 unspecified atom stereocenters. The Morgan fingerprint density at radius 3 is 2.64 bits per heavy atom. The summed E-state index contributed by atoms with van der Waals surface area (Å²) in [6, 6.07) is 13.9. The van der Waals surface area contributed by atoms with Gasteiger partial charge in [0.1, 0.15) is 11.5 Å². The zero-order valence-corrected chi connectivity index (χ0v) is 19.3. The van der Waals surface area contributed by atoms with E-state index in [1.54, 1.807) is 7.11 Å². The molecule has 2 aromatic carbocycles. The molecule has 2 aliphatic heterocycles. The Balaban J connectivity index is 1.17. The van der Waals surface area contributed by atoms with Crippen molar-refractivity contribution >= 4 is 17.5 Å². The quantitative estimate of drug-likeness (QED) is 0.623. The summed E-state index contributed by atoms with van der Waals surface area (Å²) in [6.45, 7) is 4.87. The van der Waals surface area contributed by atoms with E-state index in [2.05, 4.69) is 22.3 Å². The van der Waals surface area contributed by atoms with Crippen molar-refractivity contribution in [1.29, 1.82) is 0 Å². The number of aryl methyl sites for hydroxylation is 1. The maximum absolute atomic E-state index is 12.7. The number of carbonyl (C=O) groups excluding carboxylic acids is 2. The number of amides is 2. The molecule has 0 bridgehead atoms.